The summed E-state index contributed by atoms with van der Waals surface area (Å²) in [5.41, 5.74) is -0.167. The van der Waals surface area contributed by atoms with Crippen LogP contribution in [0.1, 0.15) is 18.5 Å². The summed E-state index contributed by atoms with van der Waals surface area (Å²) in [6.45, 7) is 0. The summed E-state index contributed by atoms with van der Waals surface area (Å²) in [4.78, 5) is 41.0. The molecule has 3 aliphatic rings. The lowest BCUT2D eigenvalue weighted by Crippen LogP contribution is -2.62. The number of allylic oxidation sites excluding steroid dienone is 1. The number of aliphatic carboxylic acids is 1. The molecule has 2 N–H and O–H groups in total. The minimum Gasteiger partial charge on any atom is -0.477 e. The summed E-state index contributed by atoms with van der Waals surface area (Å²) in [5.74, 6) is -3.17. The molecule has 2 aliphatic heterocycles. The van der Waals surface area contributed by atoms with E-state index in [1.54, 1.807) is 18.2 Å². The maximum absolute atomic E-state index is 12.8. The highest BCUT2D eigenvalue weighted by atomic mass is 32.2. The molecular weight excluding hydrogens is 398 g/mol. The Labute approximate surface area is 166 Å². The number of pyridine rings is 1. The second kappa shape index (κ2) is 6.96. The van der Waals surface area contributed by atoms with Crippen molar-refractivity contribution in [1.82, 2.24) is 15.2 Å². The number of carbonyl (C=O) groups excluding carboxylic acids is 2. The number of fused-ring (bicyclic) bond motifs is 1. The van der Waals surface area contributed by atoms with Gasteiger partial charge in [-0.15, -0.1) is 0 Å². The molecule has 1 aliphatic carbocycles. The molecule has 29 heavy (non-hydrogen) atoms. The van der Waals surface area contributed by atoms with E-state index in [1.165, 1.54) is 12.3 Å². The van der Waals surface area contributed by atoms with Crippen LogP contribution >= 0.6 is 0 Å². The van der Waals surface area contributed by atoms with Gasteiger partial charge < -0.3 is 10.4 Å². The van der Waals surface area contributed by atoms with Crippen molar-refractivity contribution in [1.29, 1.82) is 0 Å². The Balaban J connectivity index is 1.69. The van der Waals surface area contributed by atoms with Gasteiger partial charge in [0, 0.05) is 18.3 Å². The summed E-state index contributed by atoms with van der Waals surface area (Å²) in [5, 5.41) is 10.9. The standard InChI is InChI=1S/C19H17N3O6S/c23-15(21-12-5-6-12)7-4-11-10-29(27,28)18-14(9-13-3-1-2-8-20-13)17(24)22(18)16(11)19(25)26/h1-4,7-9,12,18H,5-6,10H2,(H,21,23)(H,25,26)/b7-4+,14-9-/t18-/m1/s1. The SMILES string of the molecule is O=C(/C=C/C1=C(C(=O)O)N2C(=O)/C(=C/c3ccccn3)[C@H]2S(=O)(=O)C1)NC1CC1. The third kappa shape index (κ3) is 3.58. The average molecular weight is 415 g/mol. The number of carboxylic acids is 1. The van der Waals surface area contributed by atoms with Gasteiger partial charge in [0.15, 0.2) is 15.2 Å². The third-order valence-electron chi connectivity index (χ3n) is 4.76. The van der Waals surface area contributed by atoms with Gasteiger partial charge in [0.1, 0.15) is 5.70 Å². The Morgan fingerprint density at radius 2 is 2.03 bits per heavy atom. The number of nitrogens with one attached hydrogen (secondary N) is 1. The molecule has 1 saturated carbocycles. The summed E-state index contributed by atoms with van der Waals surface area (Å²) in [6, 6.07) is 5.08. The first-order valence-corrected chi connectivity index (χ1v) is 10.6. The monoisotopic (exact) mass is 415 g/mol. The number of hydrogen-bond donors (Lipinski definition) is 2. The second-order valence-corrected chi connectivity index (χ2v) is 9.05. The van der Waals surface area contributed by atoms with Crippen molar-refractivity contribution in [2.75, 3.05) is 5.75 Å². The highest BCUT2D eigenvalue weighted by Crippen LogP contribution is 2.41. The smallest absolute Gasteiger partial charge is 0.352 e. The van der Waals surface area contributed by atoms with E-state index in [9.17, 15) is 27.9 Å². The van der Waals surface area contributed by atoms with Gasteiger partial charge in [0.25, 0.3) is 5.91 Å². The predicted molar refractivity (Wildman–Crippen MR) is 102 cm³/mol. The number of sulfone groups is 1. The maximum atomic E-state index is 12.8. The molecule has 4 rings (SSSR count). The first kappa shape index (κ1) is 19.1. The van der Waals surface area contributed by atoms with Gasteiger partial charge in [-0.05, 0) is 36.6 Å². The fraction of sp³-hybridized carbons (Fsp3) is 0.263. The number of β-lactam (4-membered cyclic amide) rings is 1. The van der Waals surface area contributed by atoms with Crippen LogP contribution in [0.15, 0.2) is 53.4 Å². The molecule has 3 heterocycles. The number of carbonyl (C=O) groups is 3. The van der Waals surface area contributed by atoms with Gasteiger partial charge in [-0.2, -0.15) is 0 Å². The van der Waals surface area contributed by atoms with Gasteiger partial charge in [0.05, 0.1) is 17.0 Å². The molecule has 1 aromatic heterocycles. The first-order chi connectivity index (χ1) is 13.8. The van der Waals surface area contributed by atoms with E-state index < -0.39 is 44.4 Å². The van der Waals surface area contributed by atoms with Crippen LogP contribution in [0.5, 0.6) is 0 Å². The number of nitrogens with zero attached hydrogens (tertiary/aromatic N) is 2. The Morgan fingerprint density at radius 1 is 1.28 bits per heavy atom. The Kier molecular flexibility index (Phi) is 4.58. The lowest BCUT2D eigenvalue weighted by atomic mass is 10.0. The van der Waals surface area contributed by atoms with Crippen molar-refractivity contribution in [3.8, 4) is 0 Å². The molecule has 0 bridgehead atoms. The molecule has 1 aromatic rings. The van der Waals surface area contributed by atoms with E-state index in [-0.39, 0.29) is 17.2 Å². The number of amides is 2. The van der Waals surface area contributed by atoms with Gasteiger partial charge in [-0.1, -0.05) is 12.1 Å². The largest absolute Gasteiger partial charge is 0.477 e. The first-order valence-electron chi connectivity index (χ1n) is 8.91. The van der Waals surface area contributed by atoms with Crippen LogP contribution < -0.4 is 5.32 Å². The molecule has 0 aromatic carbocycles. The van der Waals surface area contributed by atoms with Crippen molar-refractivity contribution in [3.05, 3.63) is 59.1 Å². The molecule has 10 heteroatoms. The summed E-state index contributed by atoms with van der Waals surface area (Å²) in [6.07, 6.45) is 6.87. The molecule has 0 spiro atoms. The van der Waals surface area contributed by atoms with Crippen molar-refractivity contribution < 1.29 is 27.9 Å². The summed E-state index contributed by atoms with van der Waals surface area (Å²) < 4.78 is 25.6. The lowest BCUT2D eigenvalue weighted by molar-refractivity contribution is -0.141. The van der Waals surface area contributed by atoms with Crippen molar-refractivity contribution in [2.24, 2.45) is 0 Å². The van der Waals surface area contributed by atoms with E-state index in [4.69, 9.17) is 0 Å². The van der Waals surface area contributed by atoms with Crippen molar-refractivity contribution in [2.45, 2.75) is 24.3 Å². The van der Waals surface area contributed by atoms with E-state index in [2.05, 4.69) is 10.3 Å². The van der Waals surface area contributed by atoms with Crippen molar-refractivity contribution in [3.63, 3.8) is 0 Å². The molecule has 0 unspecified atom stereocenters. The van der Waals surface area contributed by atoms with Crippen LogP contribution in [-0.4, -0.2) is 58.4 Å². The topological polar surface area (TPSA) is 134 Å². The highest BCUT2D eigenvalue weighted by Gasteiger charge is 2.56. The number of hydrogen-bond acceptors (Lipinski definition) is 6. The zero-order valence-corrected chi connectivity index (χ0v) is 15.9. The van der Waals surface area contributed by atoms with Gasteiger partial charge in [-0.3, -0.25) is 19.5 Å². The molecule has 150 valence electrons. The van der Waals surface area contributed by atoms with E-state index in [0.717, 1.165) is 29.9 Å². The molecule has 9 nitrogen and oxygen atoms in total. The Hall–Kier alpha value is -3.27. The van der Waals surface area contributed by atoms with Crippen LogP contribution in [-0.2, 0) is 24.2 Å². The minimum absolute atomic E-state index is 0.0306. The summed E-state index contributed by atoms with van der Waals surface area (Å²) >= 11 is 0. The average Bonchev–Trinajstić information content (AvgIpc) is 3.48. The van der Waals surface area contributed by atoms with Gasteiger partial charge in [-0.25, -0.2) is 13.2 Å². The van der Waals surface area contributed by atoms with Gasteiger partial charge >= 0.3 is 5.97 Å². The summed E-state index contributed by atoms with van der Waals surface area (Å²) in [7, 11) is -3.90. The second-order valence-electron chi connectivity index (χ2n) is 6.98. The highest BCUT2D eigenvalue weighted by molar-refractivity contribution is 7.92. The Bertz CT molecular complexity index is 1100. The normalized spacial score (nSPS) is 24.4. The van der Waals surface area contributed by atoms with Crippen LogP contribution in [0, 0.1) is 0 Å². The fourth-order valence-electron chi connectivity index (χ4n) is 3.29. The fourth-order valence-corrected chi connectivity index (χ4v) is 5.19. The lowest BCUT2D eigenvalue weighted by Gasteiger charge is -2.45. The molecule has 1 saturated heterocycles. The number of rotatable bonds is 5. The zero-order valence-electron chi connectivity index (χ0n) is 15.1. The maximum Gasteiger partial charge on any atom is 0.352 e. The van der Waals surface area contributed by atoms with Crippen molar-refractivity contribution >= 4 is 33.7 Å². The van der Waals surface area contributed by atoms with E-state index in [1.807, 2.05) is 0 Å². The Morgan fingerprint density at radius 3 is 2.66 bits per heavy atom. The third-order valence-corrected chi connectivity index (χ3v) is 6.62. The molecule has 2 fully saturated rings. The van der Waals surface area contributed by atoms with Gasteiger partial charge in [0.2, 0.25) is 5.91 Å². The van der Waals surface area contributed by atoms with Crippen LogP contribution in [0.2, 0.25) is 0 Å². The molecule has 1 atom stereocenters. The van der Waals surface area contributed by atoms with Crippen LogP contribution in [0.4, 0.5) is 0 Å². The van der Waals surface area contributed by atoms with Crippen LogP contribution in [0.25, 0.3) is 6.08 Å². The quantitative estimate of drug-likeness (QED) is 0.519. The number of aromatic nitrogens is 1. The molecular formula is C19H17N3O6S. The van der Waals surface area contributed by atoms with E-state index >= 15 is 0 Å². The van der Waals surface area contributed by atoms with Crippen LogP contribution in [0.3, 0.4) is 0 Å². The molecule has 2 amide bonds. The molecule has 0 radical (unpaired) electrons. The predicted octanol–water partition coefficient (Wildman–Crippen LogP) is 0.235. The number of carboxylic acid groups (broad SMARTS) is 1. The minimum atomic E-state index is -3.90. The zero-order chi connectivity index (χ0) is 20.8. The van der Waals surface area contributed by atoms with E-state index in [0.29, 0.717) is 5.69 Å².